The molecule has 1 aliphatic carbocycles. The molecule has 3 aliphatic rings. The van der Waals surface area contributed by atoms with Crippen molar-refractivity contribution in [3.05, 3.63) is 0 Å². The van der Waals surface area contributed by atoms with Crippen molar-refractivity contribution in [2.75, 3.05) is 20.3 Å². The van der Waals surface area contributed by atoms with Gasteiger partial charge in [0.25, 0.3) is 0 Å². The maximum atomic E-state index is 10.4. The largest absolute Gasteiger partial charge is 0.387 e. The first kappa shape index (κ1) is 9.99. The second-order valence-electron chi connectivity index (χ2n) is 4.66. The number of rotatable bonds is 1. The van der Waals surface area contributed by atoms with Gasteiger partial charge in [-0.25, -0.2) is 0 Å². The zero-order chi connectivity index (χ0) is 10.6. The van der Waals surface area contributed by atoms with Crippen molar-refractivity contribution < 1.29 is 24.4 Å². The number of hydrogen-bond acceptors (Lipinski definition) is 5. The minimum Gasteiger partial charge on any atom is -0.387 e. The van der Waals surface area contributed by atoms with Gasteiger partial charge >= 0.3 is 0 Å². The highest BCUT2D eigenvalue weighted by molar-refractivity contribution is 5.13. The van der Waals surface area contributed by atoms with Crippen molar-refractivity contribution in [3.63, 3.8) is 0 Å². The van der Waals surface area contributed by atoms with Gasteiger partial charge in [0.05, 0.1) is 19.3 Å². The Morgan fingerprint density at radius 2 is 2.20 bits per heavy atom. The zero-order valence-electron chi connectivity index (χ0n) is 8.63. The summed E-state index contributed by atoms with van der Waals surface area (Å²) in [6.07, 6.45) is -0.731. The molecule has 0 aromatic heterocycles. The van der Waals surface area contributed by atoms with Gasteiger partial charge in [-0.05, 0) is 6.42 Å². The second-order valence-corrected chi connectivity index (χ2v) is 4.66. The van der Waals surface area contributed by atoms with Crippen molar-refractivity contribution >= 4 is 0 Å². The van der Waals surface area contributed by atoms with Crippen LogP contribution in [0.25, 0.3) is 0 Å². The Kier molecular flexibility index (Phi) is 2.10. The monoisotopic (exact) mass is 216 g/mol. The van der Waals surface area contributed by atoms with E-state index in [9.17, 15) is 10.2 Å². The Labute approximate surface area is 87.9 Å². The molecular formula is C10H16O5. The summed E-state index contributed by atoms with van der Waals surface area (Å²) >= 11 is 0. The number of hydrogen-bond donors (Lipinski definition) is 2. The van der Waals surface area contributed by atoms with Gasteiger partial charge in [-0.3, -0.25) is 0 Å². The summed E-state index contributed by atoms with van der Waals surface area (Å²) in [4.78, 5) is 0. The van der Waals surface area contributed by atoms with Crippen LogP contribution in [0.3, 0.4) is 0 Å². The summed E-state index contributed by atoms with van der Waals surface area (Å²) in [5.41, 5.74) is -1.18. The van der Waals surface area contributed by atoms with Gasteiger partial charge in [0.1, 0.15) is 11.7 Å². The topological polar surface area (TPSA) is 68.2 Å². The molecule has 0 radical (unpaired) electrons. The first-order valence-corrected chi connectivity index (χ1v) is 5.35. The Balaban J connectivity index is 1.98. The third-order valence-corrected chi connectivity index (χ3v) is 4.06. The van der Waals surface area contributed by atoms with Crippen LogP contribution in [-0.4, -0.2) is 54.6 Å². The fraction of sp³-hybridized carbons (Fsp3) is 1.00. The average molecular weight is 216 g/mol. The molecule has 5 nitrogen and oxygen atoms in total. The molecule has 3 rings (SSSR count). The standard InChI is InChI=1S/C10H16O5/c1-13-7-5-2-3-14-9-6(5)10(12,4-15-9)8(7)11/h5-9,11-12H,2-4H2,1H3/t5-,6-,7+,8-,9-,10-/m1/s1. The van der Waals surface area contributed by atoms with Gasteiger partial charge in [-0.15, -0.1) is 0 Å². The number of aliphatic hydroxyl groups excluding tert-OH is 1. The predicted molar refractivity (Wildman–Crippen MR) is 49.0 cm³/mol. The third kappa shape index (κ3) is 1.10. The Morgan fingerprint density at radius 1 is 1.40 bits per heavy atom. The lowest BCUT2D eigenvalue weighted by molar-refractivity contribution is -0.178. The van der Waals surface area contributed by atoms with E-state index in [2.05, 4.69) is 0 Å². The minimum atomic E-state index is -1.18. The van der Waals surface area contributed by atoms with Crippen LogP contribution in [0, 0.1) is 11.8 Å². The summed E-state index contributed by atoms with van der Waals surface area (Å²) in [5.74, 6) is -0.0116. The van der Waals surface area contributed by atoms with Crippen LogP contribution < -0.4 is 0 Å². The molecule has 0 bridgehead atoms. The van der Waals surface area contributed by atoms with E-state index in [0.717, 1.165) is 6.42 Å². The molecule has 0 aromatic carbocycles. The lowest BCUT2D eigenvalue weighted by atomic mass is 9.84. The van der Waals surface area contributed by atoms with Gasteiger partial charge in [0.15, 0.2) is 6.29 Å². The Hall–Kier alpha value is -0.200. The summed E-state index contributed by atoms with van der Waals surface area (Å²) in [6, 6.07) is 0. The van der Waals surface area contributed by atoms with E-state index in [1.807, 2.05) is 0 Å². The molecule has 0 unspecified atom stereocenters. The molecule has 0 spiro atoms. The first-order chi connectivity index (χ1) is 7.18. The normalized spacial score (nSPS) is 58.2. The van der Waals surface area contributed by atoms with Crippen LogP contribution in [0.4, 0.5) is 0 Å². The van der Waals surface area contributed by atoms with Crippen molar-refractivity contribution in [3.8, 4) is 0 Å². The summed E-state index contributed by atoms with van der Waals surface area (Å²) < 4.78 is 16.1. The van der Waals surface area contributed by atoms with Crippen LogP contribution in [0.1, 0.15) is 6.42 Å². The van der Waals surface area contributed by atoms with Gasteiger partial charge in [0.2, 0.25) is 0 Å². The first-order valence-electron chi connectivity index (χ1n) is 5.35. The van der Waals surface area contributed by atoms with Crippen molar-refractivity contribution in [1.29, 1.82) is 0 Å². The van der Waals surface area contributed by atoms with Crippen molar-refractivity contribution in [1.82, 2.24) is 0 Å². The number of ether oxygens (including phenoxy) is 3. The molecule has 2 aliphatic heterocycles. The van der Waals surface area contributed by atoms with E-state index < -0.39 is 11.7 Å². The molecule has 0 aromatic rings. The molecule has 86 valence electrons. The maximum absolute atomic E-state index is 10.4. The Morgan fingerprint density at radius 3 is 2.93 bits per heavy atom. The fourth-order valence-electron chi connectivity index (χ4n) is 3.35. The third-order valence-electron chi connectivity index (χ3n) is 4.06. The second kappa shape index (κ2) is 3.15. The van der Waals surface area contributed by atoms with Crippen LogP contribution >= 0.6 is 0 Å². The van der Waals surface area contributed by atoms with E-state index in [4.69, 9.17) is 14.2 Å². The zero-order valence-corrected chi connectivity index (χ0v) is 8.63. The fourth-order valence-corrected chi connectivity index (χ4v) is 3.35. The van der Waals surface area contributed by atoms with E-state index >= 15 is 0 Å². The van der Waals surface area contributed by atoms with Gasteiger partial charge in [-0.2, -0.15) is 0 Å². The molecule has 2 saturated heterocycles. The predicted octanol–water partition coefficient (Wildman–Crippen LogP) is -0.884. The quantitative estimate of drug-likeness (QED) is 0.595. The highest BCUT2D eigenvalue weighted by atomic mass is 16.7. The highest BCUT2D eigenvalue weighted by Crippen LogP contribution is 2.52. The average Bonchev–Trinajstić information content (AvgIpc) is 2.69. The minimum absolute atomic E-state index is 0.135. The molecular weight excluding hydrogens is 200 g/mol. The molecule has 3 fully saturated rings. The summed E-state index contributed by atoms with van der Waals surface area (Å²) in [5, 5.41) is 20.4. The van der Waals surface area contributed by atoms with E-state index in [1.165, 1.54) is 0 Å². The van der Waals surface area contributed by atoms with Crippen LogP contribution in [0.5, 0.6) is 0 Å². The molecule has 0 amide bonds. The highest BCUT2D eigenvalue weighted by Gasteiger charge is 2.67. The van der Waals surface area contributed by atoms with Gasteiger partial charge in [0, 0.05) is 18.9 Å². The number of aliphatic hydroxyl groups is 2. The smallest absolute Gasteiger partial charge is 0.163 e. The lowest BCUT2D eigenvalue weighted by Crippen LogP contribution is -2.47. The summed E-state index contributed by atoms with van der Waals surface area (Å²) in [6.45, 7) is 0.744. The molecule has 15 heavy (non-hydrogen) atoms. The van der Waals surface area contributed by atoms with Gasteiger partial charge in [-0.1, -0.05) is 0 Å². The lowest BCUT2D eigenvalue weighted by Gasteiger charge is -2.32. The molecule has 2 N–H and O–H groups in total. The molecule has 6 atom stereocenters. The maximum Gasteiger partial charge on any atom is 0.163 e. The van der Waals surface area contributed by atoms with Crippen LogP contribution in [-0.2, 0) is 14.2 Å². The van der Waals surface area contributed by atoms with Crippen molar-refractivity contribution in [2.45, 2.75) is 30.5 Å². The van der Waals surface area contributed by atoms with Crippen molar-refractivity contribution in [2.24, 2.45) is 11.8 Å². The van der Waals surface area contributed by atoms with E-state index in [-0.39, 0.29) is 30.8 Å². The SMILES string of the molecule is CO[C@H]1[C@@H]2CCO[C@@H]3OC[C@@](O)([C@@H]32)[C@@H]1O. The molecule has 1 saturated carbocycles. The molecule has 5 heteroatoms. The number of methoxy groups -OCH3 is 1. The van der Waals surface area contributed by atoms with E-state index in [0.29, 0.717) is 6.61 Å². The summed E-state index contributed by atoms with van der Waals surface area (Å²) in [7, 11) is 1.57. The van der Waals surface area contributed by atoms with Crippen LogP contribution in [0.15, 0.2) is 0 Å². The molecule has 2 heterocycles. The van der Waals surface area contributed by atoms with Gasteiger partial charge < -0.3 is 24.4 Å². The van der Waals surface area contributed by atoms with Crippen LogP contribution in [0.2, 0.25) is 0 Å². The van der Waals surface area contributed by atoms with E-state index in [1.54, 1.807) is 7.11 Å². The Bertz CT molecular complexity index is 271.